The van der Waals surface area contributed by atoms with Gasteiger partial charge in [-0.05, 0) is 43.1 Å². The SMILES string of the molecule is CN[C@@H]1CCc2c(-c3ccc(O[C@@H]4CCOC4)nc3)ccc(F)c21. The molecule has 1 aliphatic carbocycles. The van der Waals surface area contributed by atoms with E-state index in [4.69, 9.17) is 9.47 Å². The van der Waals surface area contributed by atoms with Crippen molar-refractivity contribution in [3.05, 3.63) is 47.4 Å². The lowest BCUT2D eigenvalue weighted by atomic mass is 9.97. The number of hydrogen-bond donors (Lipinski definition) is 1. The first-order chi connectivity index (χ1) is 11.8. The highest BCUT2D eigenvalue weighted by Crippen LogP contribution is 2.39. The summed E-state index contributed by atoms with van der Waals surface area (Å²) in [7, 11) is 1.88. The Kier molecular flexibility index (Phi) is 4.21. The molecule has 1 fully saturated rings. The first-order valence-corrected chi connectivity index (χ1v) is 8.45. The lowest BCUT2D eigenvalue weighted by Gasteiger charge is -2.14. The molecule has 2 aliphatic rings. The smallest absolute Gasteiger partial charge is 0.213 e. The predicted octanol–water partition coefficient (Wildman–Crippen LogP) is 3.26. The van der Waals surface area contributed by atoms with Crippen LogP contribution in [0.3, 0.4) is 0 Å². The maximum atomic E-state index is 14.2. The number of ether oxygens (including phenoxy) is 2. The van der Waals surface area contributed by atoms with Gasteiger partial charge in [-0.2, -0.15) is 0 Å². The quantitative estimate of drug-likeness (QED) is 0.935. The molecule has 1 aromatic carbocycles. The average Bonchev–Trinajstić information content (AvgIpc) is 3.26. The van der Waals surface area contributed by atoms with Crippen molar-refractivity contribution < 1.29 is 13.9 Å². The highest BCUT2D eigenvalue weighted by molar-refractivity contribution is 5.69. The van der Waals surface area contributed by atoms with Gasteiger partial charge in [0, 0.05) is 35.9 Å². The summed E-state index contributed by atoms with van der Waals surface area (Å²) in [6.07, 6.45) is 4.61. The van der Waals surface area contributed by atoms with Gasteiger partial charge in [-0.3, -0.25) is 0 Å². The molecule has 2 aromatic rings. The summed E-state index contributed by atoms with van der Waals surface area (Å²) in [5.41, 5.74) is 3.96. The van der Waals surface area contributed by atoms with E-state index < -0.39 is 0 Å². The predicted molar refractivity (Wildman–Crippen MR) is 89.6 cm³/mol. The maximum absolute atomic E-state index is 14.2. The van der Waals surface area contributed by atoms with Crippen molar-refractivity contribution in [3.8, 4) is 17.0 Å². The minimum Gasteiger partial charge on any atom is -0.472 e. The van der Waals surface area contributed by atoms with Gasteiger partial charge < -0.3 is 14.8 Å². The fourth-order valence-corrected chi connectivity index (χ4v) is 3.66. The molecule has 2 atom stereocenters. The van der Waals surface area contributed by atoms with Gasteiger partial charge in [0.2, 0.25) is 5.88 Å². The minimum absolute atomic E-state index is 0.0924. The second-order valence-corrected chi connectivity index (χ2v) is 6.36. The molecular weight excluding hydrogens is 307 g/mol. The maximum Gasteiger partial charge on any atom is 0.213 e. The number of nitrogens with one attached hydrogen (secondary N) is 1. The molecule has 1 saturated heterocycles. The number of hydrogen-bond acceptors (Lipinski definition) is 4. The largest absolute Gasteiger partial charge is 0.472 e. The summed E-state index contributed by atoms with van der Waals surface area (Å²) in [6.45, 7) is 1.37. The van der Waals surface area contributed by atoms with E-state index >= 15 is 0 Å². The topological polar surface area (TPSA) is 43.4 Å². The van der Waals surface area contributed by atoms with Gasteiger partial charge in [0.05, 0.1) is 13.2 Å². The van der Waals surface area contributed by atoms with Crippen LogP contribution in [-0.4, -0.2) is 31.3 Å². The minimum atomic E-state index is -0.125. The van der Waals surface area contributed by atoms with Crippen LogP contribution in [0.5, 0.6) is 5.88 Å². The van der Waals surface area contributed by atoms with Gasteiger partial charge >= 0.3 is 0 Å². The Morgan fingerprint density at radius 1 is 1.25 bits per heavy atom. The Morgan fingerprint density at radius 2 is 2.17 bits per heavy atom. The number of halogens is 1. The van der Waals surface area contributed by atoms with E-state index in [1.165, 1.54) is 0 Å². The number of fused-ring (bicyclic) bond motifs is 1. The second-order valence-electron chi connectivity index (χ2n) is 6.36. The van der Waals surface area contributed by atoms with Gasteiger partial charge in [0.15, 0.2) is 0 Å². The number of nitrogens with zero attached hydrogens (tertiary/aromatic N) is 1. The lowest BCUT2D eigenvalue weighted by molar-refractivity contribution is 0.138. The van der Waals surface area contributed by atoms with Crippen LogP contribution in [0, 0.1) is 5.82 Å². The van der Waals surface area contributed by atoms with E-state index in [-0.39, 0.29) is 18.0 Å². The van der Waals surface area contributed by atoms with Gasteiger partial charge in [-0.15, -0.1) is 0 Å². The number of rotatable bonds is 4. The Labute approximate surface area is 141 Å². The molecular formula is C19H21FN2O2. The van der Waals surface area contributed by atoms with E-state index in [1.54, 1.807) is 6.07 Å². The summed E-state index contributed by atoms with van der Waals surface area (Å²) in [4.78, 5) is 4.42. The highest BCUT2D eigenvalue weighted by atomic mass is 19.1. The first kappa shape index (κ1) is 15.5. The Bertz CT molecular complexity index is 727. The standard InChI is InChI=1S/C19H21FN2O2/c1-21-17-6-4-15-14(3-5-16(20)19(15)17)12-2-7-18(22-10-12)24-13-8-9-23-11-13/h2-3,5,7,10,13,17,21H,4,6,8-9,11H2,1H3/t13-,17-/m1/s1. The van der Waals surface area contributed by atoms with E-state index in [1.807, 2.05) is 31.4 Å². The van der Waals surface area contributed by atoms with Crippen molar-refractivity contribution in [2.75, 3.05) is 20.3 Å². The third-order valence-corrected chi connectivity index (χ3v) is 4.91. The Hall–Kier alpha value is -1.98. The molecule has 24 heavy (non-hydrogen) atoms. The molecule has 0 saturated carbocycles. The molecule has 4 rings (SSSR count). The van der Waals surface area contributed by atoms with Crippen LogP contribution in [0.15, 0.2) is 30.5 Å². The molecule has 0 bridgehead atoms. The molecule has 126 valence electrons. The third kappa shape index (κ3) is 2.78. The second kappa shape index (κ2) is 6.49. The van der Waals surface area contributed by atoms with E-state index in [0.29, 0.717) is 12.5 Å². The molecule has 0 radical (unpaired) electrons. The summed E-state index contributed by atoms with van der Waals surface area (Å²) >= 11 is 0. The zero-order chi connectivity index (χ0) is 16.5. The highest BCUT2D eigenvalue weighted by Gasteiger charge is 2.27. The lowest BCUT2D eigenvalue weighted by Crippen LogP contribution is -2.16. The van der Waals surface area contributed by atoms with E-state index in [9.17, 15) is 4.39 Å². The molecule has 2 heterocycles. The van der Waals surface area contributed by atoms with Gasteiger partial charge in [0.1, 0.15) is 11.9 Å². The summed E-state index contributed by atoms with van der Waals surface area (Å²) in [5.74, 6) is 0.487. The first-order valence-electron chi connectivity index (χ1n) is 8.45. The monoisotopic (exact) mass is 328 g/mol. The van der Waals surface area contributed by atoms with Crippen molar-refractivity contribution >= 4 is 0 Å². The van der Waals surface area contributed by atoms with Crippen LogP contribution in [0.1, 0.15) is 30.0 Å². The number of aromatic nitrogens is 1. The fraction of sp³-hybridized carbons (Fsp3) is 0.421. The summed E-state index contributed by atoms with van der Waals surface area (Å²) in [6, 6.07) is 7.39. The van der Waals surface area contributed by atoms with E-state index in [2.05, 4.69) is 10.3 Å². The van der Waals surface area contributed by atoms with Crippen molar-refractivity contribution in [3.63, 3.8) is 0 Å². The Balaban J connectivity index is 1.61. The van der Waals surface area contributed by atoms with Crippen LogP contribution in [-0.2, 0) is 11.2 Å². The van der Waals surface area contributed by atoms with E-state index in [0.717, 1.165) is 48.1 Å². The third-order valence-electron chi connectivity index (χ3n) is 4.91. The van der Waals surface area contributed by atoms with Gasteiger partial charge in [0.25, 0.3) is 0 Å². The number of benzene rings is 1. The van der Waals surface area contributed by atoms with Crippen molar-refractivity contribution in [1.82, 2.24) is 10.3 Å². The van der Waals surface area contributed by atoms with Crippen LogP contribution >= 0.6 is 0 Å². The van der Waals surface area contributed by atoms with Crippen molar-refractivity contribution in [1.29, 1.82) is 0 Å². The van der Waals surface area contributed by atoms with Crippen LogP contribution < -0.4 is 10.1 Å². The van der Waals surface area contributed by atoms with Crippen molar-refractivity contribution in [2.24, 2.45) is 0 Å². The molecule has 4 nitrogen and oxygen atoms in total. The van der Waals surface area contributed by atoms with Gasteiger partial charge in [-0.1, -0.05) is 6.07 Å². The normalized spacial score (nSPS) is 22.6. The van der Waals surface area contributed by atoms with Crippen molar-refractivity contribution in [2.45, 2.75) is 31.4 Å². The zero-order valence-corrected chi connectivity index (χ0v) is 13.7. The molecule has 1 aliphatic heterocycles. The van der Waals surface area contributed by atoms with Crippen LogP contribution in [0.2, 0.25) is 0 Å². The number of pyridine rings is 1. The molecule has 0 spiro atoms. The Morgan fingerprint density at radius 3 is 2.88 bits per heavy atom. The molecule has 1 aromatic heterocycles. The van der Waals surface area contributed by atoms with Gasteiger partial charge in [-0.25, -0.2) is 9.37 Å². The molecule has 1 N–H and O–H groups in total. The fourth-order valence-electron chi connectivity index (χ4n) is 3.66. The average molecular weight is 328 g/mol. The van der Waals surface area contributed by atoms with Crippen LogP contribution in [0.4, 0.5) is 4.39 Å². The zero-order valence-electron chi connectivity index (χ0n) is 13.7. The molecule has 0 unspecified atom stereocenters. The molecule has 5 heteroatoms. The summed E-state index contributed by atoms with van der Waals surface area (Å²) < 4.78 is 25.3. The van der Waals surface area contributed by atoms with Crippen LogP contribution in [0.25, 0.3) is 11.1 Å². The molecule has 0 amide bonds. The summed E-state index contributed by atoms with van der Waals surface area (Å²) in [5, 5.41) is 3.20.